The van der Waals surface area contributed by atoms with Crippen LogP contribution in [-0.2, 0) is 28.6 Å². The lowest BCUT2D eigenvalue weighted by atomic mass is 10.1. The molecule has 0 aliphatic carbocycles. The van der Waals surface area contributed by atoms with Crippen LogP contribution in [0.1, 0.15) is 226 Å². The average Bonchev–Trinajstić information content (AvgIpc) is 3.35. The molecule has 388 valence electrons. The summed E-state index contributed by atoms with van der Waals surface area (Å²) in [6.07, 6.45) is 78.7. The normalized spacial score (nSPS) is 13.1. The van der Waals surface area contributed by atoms with E-state index < -0.39 is 6.10 Å². The van der Waals surface area contributed by atoms with Gasteiger partial charge in [0.2, 0.25) is 0 Å². The molecule has 0 amide bonds. The molecule has 0 aromatic rings. The van der Waals surface area contributed by atoms with Crippen molar-refractivity contribution in [2.75, 3.05) is 13.2 Å². The van der Waals surface area contributed by atoms with Gasteiger partial charge in [-0.3, -0.25) is 14.4 Å². The highest BCUT2D eigenvalue weighted by Gasteiger charge is 2.19. The summed E-state index contributed by atoms with van der Waals surface area (Å²) in [5.41, 5.74) is 0. The number of esters is 3. The SMILES string of the molecule is CC/C=C\C/C=C\C/C=C\C/C=C\CCCCC(=O)OCC(COC(=O)CCCCCCCC/C=C\C/C=C\C/C=C\CCCCCCC)OC(=O)CCCC/C=C\C/C=C\C/C=C\C/C=C\CC. The van der Waals surface area contributed by atoms with E-state index in [1.165, 1.54) is 51.4 Å². The lowest BCUT2D eigenvalue weighted by Gasteiger charge is -2.18. The standard InChI is InChI=1S/C63H100O6/c1-4-7-10-13-16-19-22-25-28-29-30-31-32-33-36-38-41-44-47-50-53-56-62(65)68-59-60(69-63(66)57-54-51-48-45-42-39-35-27-24-21-18-15-12-9-6-3)58-67-61(64)55-52-49-46-43-40-37-34-26-23-20-17-14-11-8-5-2/h8-9,11-12,17-18,20-22,25-27,29-30,32-35,40,42-43,45,60H,4-7,10,13-16,19,23-24,28,31,36-39,41,44,46-59H2,1-3H3/b11-8-,12-9-,20-17-,21-18-,25-22-,30-29-,33-32-,34-26-,35-27-,43-40-,45-42-. The third-order valence-electron chi connectivity index (χ3n) is 11.1. The monoisotopic (exact) mass is 953 g/mol. The molecule has 0 aliphatic heterocycles. The van der Waals surface area contributed by atoms with E-state index in [0.29, 0.717) is 19.3 Å². The van der Waals surface area contributed by atoms with Crippen molar-refractivity contribution in [1.82, 2.24) is 0 Å². The lowest BCUT2D eigenvalue weighted by Crippen LogP contribution is -2.30. The molecule has 0 radical (unpaired) electrons. The number of hydrogen-bond donors (Lipinski definition) is 0. The molecule has 0 aromatic carbocycles. The van der Waals surface area contributed by atoms with Crippen molar-refractivity contribution < 1.29 is 28.6 Å². The van der Waals surface area contributed by atoms with Crippen molar-refractivity contribution in [3.05, 3.63) is 134 Å². The number of carbonyl (C=O) groups excluding carboxylic acids is 3. The summed E-state index contributed by atoms with van der Waals surface area (Å²) in [7, 11) is 0. The average molecular weight is 953 g/mol. The van der Waals surface area contributed by atoms with Gasteiger partial charge in [-0.2, -0.15) is 0 Å². The van der Waals surface area contributed by atoms with Gasteiger partial charge in [-0.05, 0) is 135 Å². The van der Waals surface area contributed by atoms with Gasteiger partial charge in [0, 0.05) is 19.3 Å². The second kappa shape index (κ2) is 56.1. The summed E-state index contributed by atoms with van der Waals surface area (Å²) in [6.45, 7) is 6.30. The zero-order valence-corrected chi connectivity index (χ0v) is 44.3. The third-order valence-corrected chi connectivity index (χ3v) is 11.1. The second-order valence-electron chi connectivity index (χ2n) is 17.7. The van der Waals surface area contributed by atoms with Crippen LogP contribution in [0.2, 0.25) is 0 Å². The molecule has 0 rings (SSSR count). The lowest BCUT2D eigenvalue weighted by molar-refractivity contribution is -0.167. The predicted molar refractivity (Wildman–Crippen MR) is 297 cm³/mol. The summed E-state index contributed by atoms with van der Waals surface area (Å²) >= 11 is 0. The molecule has 0 aliphatic rings. The molecular formula is C63H100O6. The van der Waals surface area contributed by atoms with Gasteiger partial charge in [-0.25, -0.2) is 0 Å². The van der Waals surface area contributed by atoms with E-state index in [-0.39, 0.29) is 44.0 Å². The van der Waals surface area contributed by atoms with E-state index in [0.717, 1.165) is 122 Å². The Balaban J connectivity index is 4.53. The first-order valence-electron chi connectivity index (χ1n) is 27.7. The predicted octanol–water partition coefficient (Wildman–Crippen LogP) is 18.6. The number of rotatable bonds is 48. The number of carbonyl (C=O) groups is 3. The maximum absolute atomic E-state index is 12.8. The third kappa shape index (κ3) is 54.4. The smallest absolute Gasteiger partial charge is 0.306 e. The van der Waals surface area contributed by atoms with E-state index in [9.17, 15) is 14.4 Å². The summed E-state index contributed by atoms with van der Waals surface area (Å²) in [5.74, 6) is -1.02. The molecule has 0 N–H and O–H groups in total. The fourth-order valence-electron chi connectivity index (χ4n) is 7.02. The minimum absolute atomic E-state index is 0.120. The van der Waals surface area contributed by atoms with Gasteiger partial charge in [-0.15, -0.1) is 0 Å². The molecule has 0 heterocycles. The number of hydrogen-bond acceptors (Lipinski definition) is 6. The molecule has 6 nitrogen and oxygen atoms in total. The quantitative estimate of drug-likeness (QED) is 0.0262. The summed E-state index contributed by atoms with van der Waals surface area (Å²) in [5, 5.41) is 0. The van der Waals surface area contributed by atoms with Gasteiger partial charge in [0.15, 0.2) is 6.10 Å². The van der Waals surface area contributed by atoms with Crippen LogP contribution in [-0.4, -0.2) is 37.2 Å². The fraction of sp³-hybridized carbons (Fsp3) is 0.603. The Hall–Kier alpha value is -4.45. The largest absolute Gasteiger partial charge is 0.462 e. The van der Waals surface area contributed by atoms with Crippen molar-refractivity contribution >= 4 is 17.9 Å². The van der Waals surface area contributed by atoms with Crippen LogP contribution in [0.4, 0.5) is 0 Å². The summed E-state index contributed by atoms with van der Waals surface area (Å²) in [4.78, 5) is 38.1. The van der Waals surface area contributed by atoms with Crippen LogP contribution in [0, 0.1) is 0 Å². The van der Waals surface area contributed by atoms with Crippen LogP contribution in [0.15, 0.2) is 134 Å². The highest BCUT2D eigenvalue weighted by Crippen LogP contribution is 2.12. The van der Waals surface area contributed by atoms with Crippen molar-refractivity contribution in [2.24, 2.45) is 0 Å². The molecule has 0 aromatic heterocycles. The van der Waals surface area contributed by atoms with Crippen molar-refractivity contribution in [1.29, 1.82) is 0 Å². The van der Waals surface area contributed by atoms with Gasteiger partial charge in [-0.1, -0.05) is 206 Å². The molecule has 1 unspecified atom stereocenters. The Morgan fingerprint density at radius 3 is 0.913 bits per heavy atom. The van der Waals surface area contributed by atoms with E-state index in [1.54, 1.807) is 0 Å². The first-order chi connectivity index (χ1) is 34.0. The Kier molecular flexibility index (Phi) is 52.5. The maximum Gasteiger partial charge on any atom is 0.306 e. The second-order valence-corrected chi connectivity index (χ2v) is 17.7. The minimum atomic E-state index is -0.828. The molecule has 1 atom stereocenters. The van der Waals surface area contributed by atoms with E-state index in [4.69, 9.17) is 14.2 Å². The van der Waals surface area contributed by atoms with Gasteiger partial charge in [0.05, 0.1) is 0 Å². The number of ether oxygens (including phenoxy) is 3. The summed E-state index contributed by atoms with van der Waals surface area (Å²) in [6, 6.07) is 0. The first kappa shape index (κ1) is 64.5. The minimum Gasteiger partial charge on any atom is -0.462 e. The molecule has 0 saturated carbocycles. The van der Waals surface area contributed by atoms with Crippen LogP contribution >= 0.6 is 0 Å². The number of unbranched alkanes of at least 4 members (excludes halogenated alkanes) is 15. The van der Waals surface area contributed by atoms with Gasteiger partial charge >= 0.3 is 17.9 Å². The topological polar surface area (TPSA) is 78.9 Å². The first-order valence-corrected chi connectivity index (χ1v) is 27.7. The Morgan fingerprint density at radius 2 is 0.565 bits per heavy atom. The molecular weight excluding hydrogens is 853 g/mol. The molecule has 6 heteroatoms. The number of allylic oxidation sites excluding steroid dienone is 22. The van der Waals surface area contributed by atoms with Crippen LogP contribution < -0.4 is 0 Å². The van der Waals surface area contributed by atoms with Crippen LogP contribution in [0.25, 0.3) is 0 Å². The Morgan fingerprint density at radius 1 is 0.304 bits per heavy atom. The van der Waals surface area contributed by atoms with Crippen LogP contribution in [0.5, 0.6) is 0 Å². The highest BCUT2D eigenvalue weighted by molar-refractivity contribution is 5.71. The van der Waals surface area contributed by atoms with Gasteiger partial charge in [0.25, 0.3) is 0 Å². The van der Waals surface area contributed by atoms with E-state index >= 15 is 0 Å². The fourth-order valence-corrected chi connectivity index (χ4v) is 7.02. The maximum atomic E-state index is 12.8. The van der Waals surface area contributed by atoms with E-state index in [1.807, 2.05) is 0 Å². The highest BCUT2D eigenvalue weighted by atomic mass is 16.6. The summed E-state index contributed by atoms with van der Waals surface area (Å²) < 4.78 is 16.8. The molecule has 69 heavy (non-hydrogen) atoms. The molecule has 0 saturated heterocycles. The molecule has 0 bridgehead atoms. The van der Waals surface area contributed by atoms with Crippen molar-refractivity contribution in [3.8, 4) is 0 Å². The zero-order valence-electron chi connectivity index (χ0n) is 44.3. The van der Waals surface area contributed by atoms with Gasteiger partial charge < -0.3 is 14.2 Å². The molecule has 0 spiro atoms. The molecule has 0 fully saturated rings. The zero-order chi connectivity index (χ0) is 50.0. The van der Waals surface area contributed by atoms with Crippen molar-refractivity contribution in [2.45, 2.75) is 232 Å². The Bertz CT molecular complexity index is 1510. The van der Waals surface area contributed by atoms with Gasteiger partial charge in [0.1, 0.15) is 13.2 Å². The van der Waals surface area contributed by atoms with E-state index in [2.05, 4.69) is 154 Å². The van der Waals surface area contributed by atoms with Crippen molar-refractivity contribution in [3.63, 3.8) is 0 Å². The Labute approximate surface area is 424 Å². The van der Waals surface area contributed by atoms with Crippen LogP contribution in [0.3, 0.4) is 0 Å².